The van der Waals surface area contributed by atoms with E-state index in [0.717, 1.165) is 34.6 Å². The molecule has 3 aromatic rings. The molecule has 4 heterocycles. The largest absolute Gasteiger partial charge is 0.318 e. The minimum Gasteiger partial charge on any atom is -0.318 e. The average Bonchev–Trinajstić information content (AvgIpc) is 3.42. The zero-order valence-electron chi connectivity index (χ0n) is 20.1. The van der Waals surface area contributed by atoms with Crippen LogP contribution in [0.1, 0.15) is 54.3 Å². The highest BCUT2D eigenvalue weighted by Crippen LogP contribution is 2.32. The van der Waals surface area contributed by atoms with Crippen molar-refractivity contribution in [2.75, 3.05) is 0 Å². The van der Waals surface area contributed by atoms with Gasteiger partial charge in [-0.1, -0.05) is 26.0 Å². The van der Waals surface area contributed by atoms with E-state index in [2.05, 4.69) is 57.8 Å². The second-order valence-corrected chi connectivity index (χ2v) is 9.69. The molecule has 1 unspecified atom stereocenters. The molecule has 2 aromatic heterocycles. The SMILES string of the molecule is CCC(C)c1ccc(-n2c(C)cc(C=C3C(=N)N4N=C(c5cccnc5)SC4=NC3=O)c2C)cc1. The number of hydrazone groups is 1. The van der Waals surface area contributed by atoms with Gasteiger partial charge < -0.3 is 4.57 Å². The molecular weight excluding hydrogens is 456 g/mol. The van der Waals surface area contributed by atoms with Crippen molar-refractivity contribution in [3.8, 4) is 5.69 Å². The van der Waals surface area contributed by atoms with Crippen molar-refractivity contribution < 1.29 is 4.79 Å². The van der Waals surface area contributed by atoms with Crippen LogP contribution in [0.25, 0.3) is 11.8 Å². The van der Waals surface area contributed by atoms with E-state index in [-0.39, 0.29) is 11.4 Å². The fraction of sp³-hybridized carbons (Fsp3) is 0.222. The molecule has 0 fully saturated rings. The third-order valence-electron chi connectivity index (χ3n) is 6.47. The summed E-state index contributed by atoms with van der Waals surface area (Å²) in [6, 6.07) is 14.4. The van der Waals surface area contributed by atoms with Crippen LogP contribution in [0.2, 0.25) is 0 Å². The average molecular weight is 483 g/mol. The van der Waals surface area contributed by atoms with E-state index in [1.807, 2.05) is 32.0 Å². The lowest BCUT2D eigenvalue weighted by Gasteiger charge is -2.20. The van der Waals surface area contributed by atoms with Crippen LogP contribution in [0.3, 0.4) is 0 Å². The van der Waals surface area contributed by atoms with Crippen LogP contribution in [0.4, 0.5) is 0 Å². The van der Waals surface area contributed by atoms with E-state index in [9.17, 15) is 4.79 Å². The van der Waals surface area contributed by atoms with Gasteiger partial charge in [-0.05, 0) is 85.5 Å². The maximum Gasteiger partial charge on any atom is 0.283 e. The number of rotatable bonds is 5. The molecule has 35 heavy (non-hydrogen) atoms. The number of aryl methyl sites for hydroxylation is 1. The Kier molecular flexibility index (Phi) is 5.98. The minimum atomic E-state index is -0.431. The van der Waals surface area contributed by atoms with Gasteiger partial charge in [-0.2, -0.15) is 15.1 Å². The lowest BCUT2D eigenvalue weighted by molar-refractivity contribution is -0.114. The van der Waals surface area contributed by atoms with Gasteiger partial charge in [-0.25, -0.2) is 0 Å². The standard InChI is InChI=1S/C27H26N6OS/c1-5-16(2)19-8-10-22(11-9-19)32-17(3)13-21(18(32)4)14-23-24(28)33-27(30-25(23)34)35-26(31-33)20-7-6-12-29-15-20/h6-16,28H,5H2,1-4H3. The Hall–Kier alpha value is -3.78. The number of benzene rings is 1. The van der Waals surface area contributed by atoms with Gasteiger partial charge in [0.05, 0.1) is 5.57 Å². The molecular formula is C27H26N6OS. The molecule has 1 amide bonds. The number of nitrogens with one attached hydrogen (secondary N) is 1. The number of hydrogen-bond donors (Lipinski definition) is 1. The number of thioether (sulfide) groups is 1. The van der Waals surface area contributed by atoms with E-state index in [1.165, 1.54) is 22.3 Å². The molecule has 2 aliphatic heterocycles. The Morgan fingerprint density at radius 1 is 1.17 bits per heavy atom. The van der Waals surface area contributed by atoms with Gasteiger partial charge in [0.1, 0.15) is 5.04 Å². The van der Waals surface area contributed by atoms with Crippen LogP contribution in [0.5, 0.6) is 0 Å². The summed E-state index contributed by atoms with van der Waals surface area (Å²) in [6.07, 6.45) is 6.25. The number of nitrogens with zero attached hydrogens (tertiary/aromatic N) is 5. The first-order valence-electron chi connectivity index (χ1n) is 11.6. The topological polar surface area (TPSA) is 86.7 Å². The first kappa shape index (κ1) is 23.0. The maximum absolute atomic E-state index is 12.9. The molecule has 1 atom stereocenters. The summed E-state index contributed by atoms with van der Waals surface area (Å²) in [5.41, 5.74) is 6.37. The van der Waals surface area contributed by atoms with Crippen LogP contribution < -0.4 is 0 Å². The molecule has 1 N–H and O–H groups in total. The summed E-state index contributed by atoms with van der Waals surface area (Å²) in [4.78, 5) is 21.2. The number of fused-ring (bicyclic) bond motifs is 1. The molecule has 2 aliphatic rings. The lowest BCUT2D eigenvalue weighted by Crippen LogP contribution is -2.35. The van der Waals surface area contributed by atoms with Crippen LogP contribution in [0, 0.1) is 19.3 Å². The van der Waals surface area contributed by atoms with Gasteiger partial charge in [-0.15, -0.1) is 0 Å². The van der Waals surface area contributed by atoms with Crippen molar-refractivity contribution in [1.82, 2.24) is 14.6 Å². The normalized spacial score (nSPS) is 17.5. The van der Waals surface area contributed by atoms with Crippen LogP contribution in [-0.2, 0) is 4.79 Å². The monoisotopic (exact) mass is 482 g/mol. The second-order valence-electron chi connectivity index (χ2n) is 8.73. The summed E-state index contributed by atoms with van der Waals surface area (Å²) in [7, 11) is 0. The van der Waals surface area contributed by atoms with Crippen molar-refractivity contribution in [3.05, 3.63) is 88.5 Å². The Morgan fingerprint density at radius 2 is 1.94 bits per heavy atom. The number of amides is 1. The number of aliphatic imine (C=N–C) groups is 1. The Morgan fingerprint density at radius 3 is 2.63 bits per heavy atom. The fourth-order valence-electron chi connectivity index (χ4n) is 4.27. The van der Waals surface area contributed by atoms with E-state index < -0.39 is 5.91 Å². The molecule has 0 saturated carbocycles. The first-order chi connectivity index (χ1) is 16.9. The lowest BCUT2D eigenvalue weighted by atomic mass is 9.98. The molecule has 0 saturated heterocycles. The summed E-state index contributed by atoms with van der Waals surface area (Å²) in [6.45, 7) is 8.50. The first-order valence-corrected chi connectivity index (χ1v) is 12.4. The van der Waals surface area contributed by atoms with Crippen LogP contribution in [-0.4, -0.2) is 36.5 Å². The van der Waals surface area contributed by atoms with Crippen molar-refractivity contribution >= 4 is 39.8 Å². The summed E-state index contributed by atoms with van der Waals surface area (Å²) in [5, 5.41) is 15.7. The third kappa shape index (κ3) is 4.14. The molecule has 1 aromatic carbocycles. The highest BCUT2D eigenvalue weighted by molar-refractivity contribution is 8.27. The number of aromatic nitrogens is 2. The van der Waals surface area contributed by atoms with Gasteiger partial charge in [0, 0.05) is 35.0 Å². The Balaban J connectivity index is 1.47. The zero-order chi connectivity index (χ0) is 24.7. The smallest absolute Gasteiger partial charge is 0.283 e. The summed E-state index contributed by atoms with van der Waals surface area (Å²) < 4.78 is 2.17. The van der Waals surface area contributed by atoms with Gasteiger partial charge >= 0.3 is 0 Å². The predicted octanol–water partition coefficient (Wildman–Crippen LogP) is 5.67. The second kappa shape index (κ2) is 9.11. The molecule has 5 rings (SSSR count). The highest BCUT2D eigenvalue weighted by Gasteiger charge is 2.36. The van der Waals surface area contributed by atoms with E-state index in [0.29, 0.717) is 16.1 Å². The summed E-state index contributed by atoms with van der Waals surface area (Å²) in [5.74, 6) is 0.114. The van der Waals surface area contributed by atoms with Crippen LogP contribution >= 0.6 is 11.8 Å². The molecule has 0 aliphatic carbocycles. The number of carbonyl (C=O) groups excluding carboxylic acids is 1. The molecule has 176 valence electrons. The molecule has 7 nitrogen and oxygen atoms in total. The number of pyridine rings is 1. The molecule has 8 heteroatoms. The predicted molar refractivity (Wildman–Crippen MR) is 142 cm³/mol. The molecule has 0 radical (unpaired) electrons. The Labute approximate surface area is 208 Å². The zero-order valence-corrected chi connectivity index (χ0v) is 20.9. The van der Waals surface area contributed by atoms with Crippen molar-refractivity contribution in [1.29, 1.82) is 5.41 Å². The minimum absolute atomic E-state index is 0.0223. The maximum atomic E-state index is 12.9. The van der Waals surface area contributed by atoms with Gasteiger partial charge in [0.25, 0.3) is 5.91 Å². The summed E-state index contributed by atoms with van der Waals surface area (Å²) >= 11 is 1.27. The quantitative estimate of drug-likeness (QED) is 0.475. The van der Waals surface area contributed by atoms with Crippen LogP contribution in [0.15, 0.2) is 70.5 Å². The van der Waals surface area contributed by atoms with E-state index in [4.69, 9.17) is 5.41 Å². The van der Waals surface area contributed by atoms with E-state index in [1.54, 1.807) is 18.5 Å². The third-order valence-corrected chi connectivity index (χ3v) is 7.42. The van der Waals surface area contributed by atoms with E-state index >= 15 is 0 Å². The van der Waals surface area contributed by atoms with Gasteiger partial charge in [-0.3, -0.25) is 15.2 Å². The number of amidine groups is 2. The van der Waals surface area contributed by atoms with Crippen molar-refractivity contribution in [2.24, 2.45) is 10.1 Å². The highest BCUT2D eigenvalue weighted by atomic mass is 32.2. The van der Waals surface area contributed by atoms with Crippen molar-refractivity contribution in [2.45, 2.75) is 40.0 Å². The molecule has 0 bridgehead atoms. The number of carbonyl (C=O) groups is 1. The van der Waals surface area contributed by atoms with Gasteiger partial charge in [0.15, 0.2) is 5.84 Å². The van der Waals surface area contributed by atoms with Crippen molar-refractivity contribution in [3.63, 3.8) is 0 Å². The Bertz CT molecular complexity index is 1420. The molecule has 0 spiro atoms. The van der Waals surface area contributed by atoms with Gasteiger partial charge in [0.2, 0.25) is 5.17 Å². The number of hydrogen-bond acceptors (Lipinski definition) is 5. The fourth-order valence-corrected chi connectivity index (χ4v) is 5.15.